The Morgan fingerprint density at radius 3 is 2.62 bits per heavy atom. The monoisotopic (exact) mass is 286 g/mol. The number of nitrogens with zero attached hydrogens (tertiary/aromatic N) is 4. The highest BCUT2D eigenvalue weighted by molar-refractivity contribution is 5.07. The highest BCUT2D eigenvalue weighted by Gasteiger charge is 2.24. The summed E-state index contributed by atoms with van der Waals surface area (Å²) in [7, 11) is 0. The van der Waals surface area contributed by atoms with E-state index in [9.17, 15) is 0 Å². The molecule has 4 nitrogen and oxygen atoms in total. The van der Waals surface area contributed by atoms with Gasteiger partial charge in [0, 0.05) is 24.4 Å². The minimum Gasteiger partial charge on any atom is -0.270 e. The van der Waals surface area contributed by atoms with Crippen molar-refractivity contribution < 1.29 is 0 Å². The molecule has 0 radical (unpaired) electrons. The van der Waals surface area contributed by atoms with Gasteiger partial charge in [-0.2, -0.15) is 10.2 Å². The van der Waals surface area contributed by atoms with E-state index in [4.69, 9.17) is 5.10 Å². The van der Waals surface area contributed by atoms with Gasteiger partial charge >= 0.3 is 0 Å². The summed E-state index contributed by atoms with van der Waals surface area (Å²) in [6, 6.07) is 5.45. The van der Waals surface area contributed by atoms with Crippen molar-refractivity contribution in [3.63, 3.8) is 0 Å². The third-order valence-corrected chi connectivity index (χ3v) is 4.55. The topological polar surface area (TPSA) is 35.6 Å². The number of aryl methyl sites for hydroxylation is 1. The van der Waals surface area contributed by atoms with E-state index in [0.717, 1.165) is 19.3 Å². The molecule has 2 aromatic rings. The van der Waals surface area contributed by atoms with Gasteiger partial charge in [-0.1, -0.05) is 13.8 Å². The molecule has 0 aromatic carbocycles. The van der Waals surface area contributed by atoms with Crippen molar-refractivity contribution in [3.05, 3.63) is 35.9 Å². The van der Waals surface area contributed by atoms with E-state index in [1.807, 2.05) is 0 Å². The van der Waals surface area contributed by atoms with Gasteiger partial charge in [-0.05, 0) is 51.2 Å². The zero-order chi connectivity index (χ0) is 14.8. The van der Waals surface area contributed by atoms with Crippen molar-refractivity contribution >= 4 is 0 Å². The van der Waals surface area contributed by atoms with Crippen LogP contribution >= 0.6 is 0 Å². The third-order valence-electron chi connectivity index (χ3n) is 4.55. The fraction of sp³-hybridized carbons (Fsp3) is 0.647. The van der Waals surface area contributed by atoms with E-state index in [0.29, 0.717) is 18.0 Å². The molecule has 114 valence electrons. The van der Waals surface area contributed by atoms with Gasteiger partial charge < -0.3 is 0 Å². The Bertz CT molecular complexity index is 579. The normalized spacial score (nSPS) is 17.9. The van der Waals surface area contributed by atoms with Gasteiger partial charge in [0.15, 0.2) is 0 Å². The summed E-state index contributed by atoms with van der Waals surface area (Å²) in [6.07, 6.45) is 10.2. The molecule has 1 aliphatic carbocycles. The summed E-state index contributed by atoms with van der Waals surface area (Å²) < 4.78 is 4.25. The first-order valence-electron chi connectivity index (χ1n) is 8.26. The molecule has 2 unspecified atom stereocenters. The average Bonchev–Trinajstić information content (AvgIpc) is 3.05. The van der Waals surface area contributed by atoms with Crippen molar-refractivity contribution in [2.45, 2.75) is 70.9 Å². The fourth-order valence-corrected chi connectivity index (χ4v) is 2.74. The van der Waals surface area contributed by atoms with Gasteiger partial charge in [0.1, 0.15) is 0 Å². The molecule has 0 amide bonds. The van der Waals surface area contributed by atoms with E-state index in [1.165, 1.54) is 24.2 Å². The van der Waals surface area contributed by atoms with Crippen LogP contribution in [0.25, 0.3) is 0 Å². The van der Waals surface area contributed by atoms with Crippen molar-refractivity contribution in [2.24, 2.45) is 0 Å². The molecule has 1 aliphatic rings. The molecule has 4 heteroatoms. The second-order valence-electron chi connectivity index (χ2n) is 6.42. The Labute approximate surface area is 127 Å². The Morgan fingerprint density at radius 2 is 1.95 bits per heavy atom. The summed E-state index contributed by atoms with van der Waals surface area (Å²) >= 11 is 0. The van der Waals surface area contributed by atoms with Gasteiger partial charge in [-0.15, -0.1) is 0 Å². The van der Waals surface area contributed by atoms with Gasteiger partial charge in [-0.25, -0.2) is 0 Å². The van der Waals surface area contributed by atoms with Crippen LogP contribution < -0.4 is 0 Å². The SMILES string of the molecule is CCc1ccn(C(C)CCC(C)c2ccn(C3CC3)n2)n1. The summed E-state index contributed by atoms with van der Waals surface area (Å²) in [5, 5.41) is 9.35. The zero-order valence-corrected chi connectivity index (χ0v) is 13.4. The lowest BCUT2D eigenvalue weighted by molar-refractivity contribution is 0.425. The van der Waals surface area contributed by atoms with Crippen LogP contribution in [0.3, 0.4) is 0 Å². The number of hydrogen-bond acceptors (Lipinski definition) is 2. The maximum absolute atomic E-state index is 4.73. The van der Waals surface area contributed by atoms with Crippen LogP contribution in [0.5, 0.6) is 0 Å². The minimum absolute atomic E-state index is 0.457. The lowest BCUT2D eigenvalue weighted by Gasteiger charge is -2.15. The number of rotatable bonds is 7. The summed E-state index contributed by atoms with van der Waals surface area (Å²) in [5.74, 6) is 0.522. The maximum atomic E-state index is 4.73. The molecule has 2 aromatic heterocycles. The van der Waals surface area contributed by atoms with E-state index in [1.54, 1.807) is 0 Å². The molecule has 0 bridgehead atoms. The van der Waals surface area contributed by atoms with E-state index in [-0.39, 0.29) is 0 Å². The molecule has 2 heterocycles. The largest absolute Gasteiger partial charge is 0.270 e. The molecule has 0 saturated heterocycles. The summed E-state index contributed by atoms with van der Waals surface area (Å²) in [5.41, 5.74) is 2.42. The van der Waals surface area contributed by atoms with E-state index >= 15 is 0 Å². The van der Waals surface area contributed by atoms with Crippen molar-refractivity contribution in [2.75, 3.05) is 0 Å². The highest BCUT2D eigenvalue weighted by atomic mass is 15.3. The molecular formula is C17H26N4. The lowest BCUT2D eigenvalue weighted by atomic mass is 9.99. The van der Waals surface area contributed by atoms with Crippen LogP contribution in [-0.4, -0.2) is 19.6 Å². The van der Waals surface area contributed by atoms with E-state index in [2.05, 4.69) is 59.8 Å². The fourth-order valence-electron chi connectivity index (χ4n) is 2.74. The molecular weight excluding hydrogens is 260 g/mol. The second kappa shape index (κ2) is 6.04. The number of hydrogen-bond donors (Lipinski definition) is 0. The predicted molar refractivity (Wildman–Crippen MR) is 84.5 cm³/mol. The Kier molecular flexibility index (Phi) is 4.13. The average molecular weight is 286 g/mol. The smallest absolute Gasteiger partial charge is 0.0652 e. The van der Waals surface area contributed by atoms with Crippen LogP contribution in [0.1, 0.15) is 75.8 Å². The summed E-state index contributed by atoms with van der Waals surface area (Å²) in [6.45, 7) is 6.68. The lowest BCUT2D eigenvalue weighted by Crippen LogP contribution is -2.08. The quantitative estimate of drug-likeness (QED) is 0.767. The maximum Gasteiger partial charge on any atom is 0.0652 e. The van der Waals surface area contributed by atoms with Crippen molar-refractivity contribution in [1.29, 1.82) is 0 Å². The molecule has 0 aliphatic heterocycles. The molecule has 2 atom stereocenters. The van der Waals surface area contributed by atoms with Crippen LogP contribution in [0.4, 0.5) is 0 Å². The second-order valence-corrected chi connectivity index (χ2v) is 6.42. The van der Waals surface area contributed by atoms with Crippen LogP contribution in [-0.2, 0) is 6.42 Å². The van der Waals surface area contributed by atoms with E-state index < -0.39 is 0 Å². The highest BCUT2D eigenvalue weighted by Crippen LogP contribution is 2.34. The van der Waals surface area contributed by atoms with Gasteiger partial charge in [0.2, 0.25) is 0 Å². The summed E-state index contributed by atoms with van der Waals surface area (Å²) in [4.78, 5) is 0. The van der Waals surface area contributed by atoms with Crippen LogP contribution in [0, 0.1) is 0 Å². The third kappa shape index (κ3) is 3.36. The van der Waals surface area contributed by atoms with Gasteiger partial charge in [-0.3, -0.25) is 9.36 Å². The Hall–Kier alpha value is -1.58. The minimum atomic E-state index is 0.457. The van der Waals surface area contributed by atoms with Crippen molar-refractivity contribution in [1.82, 2.24) is 19.6 Å². The Morgan fingerprint density at radius 1 is 1.14 bits per heavy atom. The zero-order valence-electron chi connectivity index (χ0n) is 13.4. The first kappa shape index (κ1) is 14.4. The molecule has 1 fully saturated rings. The van der Waals surface area contributed by atoms with Gasteiger partial charge in [0.25, 0.3) is 0 Å². The molecule has 3 rings (SSSR count). The standard InChI is InChI=1S/C17H26N4/c1-4-15-9-11-20(18-15)14(3)6-5-13(2)17-10-12-21(19-17)16-7-8-16/h9-14,16H,4-8H2,1-3H3. The molecule has 0 N–H and O–H groups in total. The predicted octanol–water partition coefficient (Wildman–Crippen LogP) is 4.12. The molecule has 1 saturated carbocycles. The first-order chi connectivity index (χ1) is 10.2. The Balaban J connectivity index is 1.53. The van der Waals surface area contributed by atoms with Gasteiger partial charge in [0.05, 0.1) is 17.4 Å². The van der Waals surface area contributed by atoms with Crippen LogP contribution in [0.15, 0.2) is 24.5 Å². The number of aromatic nitrogens is 4. The van der Waals surface area contributed by atoms with Crippen LogP contribution in [0.2, 0.25) is 0 Å². The first-order valence-corrected chi connectivity index (χ1v) is 8.26. The molecule has 0 spiro atoms. The van der Waals surface area contributed by atoms with Crippen molar-refractivity contribution in [3.8, 4) is 0 Å². The molecule has 21 heavy (non-hydrogen) atoms.